The summed E-state index contributed by atoms with van der Waals surface area (Å²) in [7, 11) is 0. The highest BCUT2D eigenvalue weighted by Crippen LogP contribution is 2.29. The first-order valence-electron chi connectivity index (χ1n) is 5.76. The Balaban J connectivity index is 2.42. The Labute approximate surface area is 112 Å². The number of benzene rings is 1. The fourth-order valence-corrected chi connectivity index (χ4v) is 3.01. The van der Waals surface area contributed by atoms with E-state index in [9.17, 15) is 0 Å². The molecular weight excluding hydrogens is 246 g/mol. The van der Waals surface area contributed by atoms with Crippen molar-refractivity contribution in [3.8, 4) is 10.6 Å². The van der Waals surface area contributed by atoms with Gasteiger partial charge in [0.2, 0.25) is 0 Å². The van der Waals surface area contributed by atoms with Gasteiger partial charge in [0, 0.05) is 10.9 Å². The second-order valence-electron chi connectivity index (χ2n) is 4.30. The first-order valence-corrected chi connectivity index (χ1v) is 7.27. The van der Waals surface area contributed by atoms with E-state index in [1.54, 1.807) is 11.3 Å². The number of hydrogen-bond donors (Lipinski definition) is 1. The van der Waals surface area contributed by atoms with Crippen molar-refractivity contribution < 1.29 is 0 Å². The number of nitrogens with zero attached hydrogens (tertiary/aromatic N) is 1. The summed E-state index contributed by atoms with van der Waals surface area (Å²) in [5, 5.41) is 3.27. The number of aromatic nitrogens is 1. The quantitative estimate of drug-likeness (QED) is 0.819. The molecule has 0 saturated carbocycles. The zero-order chi connectivity index (χ0) is 12.4. The van der Waals surface area contributed by atoms with Crippen LogP contribution in [0.3, 0.4) is 0 Å². The van der Waals surface area contributed by atoms with E-state index >= 15 is 0 Å². The zero-order valence-electron chi connectivity index (χ0n) is 10.4. The molecule has 0 atom stereocenters. The van der Waals surface area contributed by atoms with Crippen LogP contribution >= 0.6 is 24.0 Å². The largest absolute Gasteiger partial charge is 0.241 e. The summed E-state index contributed by atoms with van der Waals surface area (Å²) in [5.41, 5.74) is 6.48. The van der Waals surface area contributed by atoms with Crippen molar-refractivity contribution in [3.05, 3.63) is 39.9 Å². The van der Waals surface area contributed by atoms with E-state index < -0.39 is 0 Å². The number of hydrogen-bond acceptors (Lipinski definition) is 3. The van der Waals surface area contributed by atoms with Crippen LogP contribution in [0.25, 0.3) is 10.6 Å². The molecule has 90 valence electrons. The van der Waals surface area contributed by atoms with Crippen molar-refractivity contribution in [2.75, 3.05) is 5.75 Å². The lowest BCUT2D eigenvalue weighted by Gasteiger charge is -2.08. The fraction of sp³-hybridized carbons (Fsp3) is 0.357. The van der Waals surface area contributed by atoms with Gasteiger partial charge in [-0.1, -0.05) is 12.1 Å². The predicted molar refractivity (Wildman–Crippen MR) is 79.3 cm³/mol. The second-order valence-corrected chi connectivity index (χ2v) is 5.60. The Bertz CT molecular complexity index is 529. The highest BCUT2D eigenvalue weighted by atomic mass is 32.1. The zero-order valence-corrected chi connectivity index (χ0v) is 12.2. The van der Waals surface area contributed by atoms with E-state index in [4.69, 9.17) is 0 Å². The lowest BCUT2D eigenvalue weighted by atomic mass is 9.99. The van der Waals surface area contributed by atoms with E-state index in [0.29, 0.717) is 0 Å². The minimum atomic E-state index is 0.856. The molecule has 0 aliphatic rings. The molecule has 0 amide bonds. The summed E-state index contributed by atoms with van der Waals surface area (Å²) in [5.74, 6) is 0.856. The third-order valence-electron chi connectivity index (χ3n) is 3.21. The summed E-state index contributed by atoms with van der Waals surface area (Å²) in [6.07, 6.45) is 0.948. The smallest absolute Gasteiger partial charge is 0.123 e. The molecule has 1 aromatic carbocycles. The highest BCUT2D eigenvalue weighted by molar-refractivity contribution is 7.80. The van der Waals surface area contributed by atoms with Crippen LogP contribution in [0.15, 0.2) is 17.5 Å². The Morgan fingerprint density at radius 3 is 2.65 bits per heavy atom. The first-order chi connectivity index (χ1) is 8.13. The SMILES string of the molecule is Cc1ccc(-c2nc(CCS)cs2)c(C)c1C. The van der Waals surface area contributed by atoms with Gasteiger partial charge in [-0.05, 0) is 49.6 Å². The van der Waals surface area contributed by atoms with Gasteiger partial charge < -0.3 is 0 Å². The maximum atomic E-state index is 4.67. The van der Waals surface area contributed by atoms with Crippen LogP contribution in [0.1, 0.15) is 22.4 Å². The summed E-state index contributed by atoms with van der Waals surface area (Å²) in [4.78, 5) is 4.67. The van der Waals surface area contributed by atoms with Crippen molar-refractivity contribution in [1.29, 1.82) is 0 Å². The second kappa shape index (κ2) is 5.23. The van der Waals surface area contributed by atoms with Gasteiger partial charge in [0.25, 0.3) is 0 Å². The monoisotopic (exact) mass is 263 g/mol. The fourth-order valence-electron chi connectivity index (χ4n) is 1.85. The van der Waals surface area contributed by atoms with Crippen LogP contribution in [-0.2, 0) is 6.42 Å². The molecule has 1 heterocycles. The summed E-state index contributed by atoms with van der Waals surface area (Å²) >= 11 is 5.97. The average Bonchev–Trinajstić information content (AvgIpc) is 2.75. The van der Waals surface area contributed by atoms with Gasteiger partial charge in [0.15, 0.2) is 0 Å². The number of thiazole rings is 1. The summed E-state index contributed by atoms with van der Waals surface area (Å²) < 4.78 is 0. The normalized spacial score (nSPS) is 10.8. The maximum absolute atomic E-state index is 4.67. The molecule has 0 saturated heterocycles. The van der Waals surface area contributed by atoms with Crippen LogP contribution in [0, 0.1) is 20.8 Å². The van der Waals surface area contributed by atoms with Crippen molar-refractivity contribution in [1.82, 2.24) is 4.98 Å². The molecule has 2 rings (SSSR count). The molecule has 3 heteroatoms. The number of rotatable bonds is 3. The molecule has 1 nitrogen and oxygen atoms in total. The van der Waals surface area contributed by atoms with E-state index in [0.717, 1.165) is 22.9 Å². The first kappa shape index (κ1) is 12.7. The van der Waals surface area contributed by atoms with Crippen LogP contribution in [0.4, 0.5) is 0 Å². The standard InChI is InChI=1S/C14H17NS2/c1-9-4-5-13(11(3)10(9)2)14-15-12(6-7-16)8-17-14/h4-5,8,16H,6-7H2,1-3H3. The van der Waals surface area contributed by atoms with Gasteiger partial charge in [-0.25, -0.2) is 4.98 Å². The Morgan fingerprint density at radius 1 is 1.18 bits per heavy atom. The molecule has 0 fully saturated rings. The molecule has 0 aliphatic carbocycles. The van der Waals surface area contributed by atoms with Crippen molar-refractivity contribution in [3.63, 3.8) is 0 Å². The maximum Gasteiger partial charge on any atom is 0.123 e. The van der Waals surface area contributed by atoms with E-state index in [1.807, 2.05) is 0 Å². The van der Waals surface area contributed by atoms with Gasteiger partial charge >= 0.3 is 0 Å². The van der Waals surface area contributed by atoms with Crippen molar-refractivity contribution in [2.24, 2.45) is 0 Å². The van der Waals surface area contributed by atoms with Crippen molar-refractivity contribution >= 4 is 24.0 Å². The molecule has 0 bridgehead atoms. The molecule has 17 heavy (non-hydrogen) atoms. The van der Waals surface area contributed by atoms with Gasteiger partial charge in [0.1, 0.15) is 5.01 Å². The van der Waals surface area contributed by atoms with Crippen molar-refractivity contribution in [2.45, 2.75) is 27.2 Å². The third-order valence-corrected chi connectivity index (χ3v) is 4.36. The van der Waals surface area contributed by atoms with Gasteiger partial charge in [-0.2, -0.15) is 12.6 Å². The van der Waals surface area contributed by atoms with E-state index in [1.165, 1.54) is 22.3 Å². The lowest BCUT2D eigenvalue weighted by Crippen LogP contribution is -1.91. The Hall–Kier alpha value is -0.800. The minimum Gasteiger partial charge on any atom is -0.241 e. The van der Waals surface area contributed by atoms with Gasteiger partial charge in [-0.3, -0.25) is 0 Å². The molecular formula is C14H17NS2. The van der Waals surface area contributed by atoms with Crippen LogP contribution in [0.2, 0.25) is 0 Å². The summed E-state index contributed by atoms with van der Waals surface area (Å²) in [6, 6.07) is 4.36. The average molecular weight is 263 g/mol. The van der Waals surface area contributed by atoms with Crippen LogP contribution < -0.4 is 0 Å². The molecule has 2 aromatic rings. The summed E-state index contributed by atoms with van der Waals surface area (Å²) in [6.45, 7) is 6.51. The molecule has 0 radical (unpaired) electrons. The van der Waals surface area contributed by atoms with E-state index in [2.05, 4.69) is 55.9 Å². The number of thiol groups is 1. The Morgan fingerprint density at radius 2 is 1.94 bits per heavy atom. The third kappa shape index (κ3) is 2.55. The topological polar surface area (TPSA) is 12.9 Å². The van der Waals surface area contributed by atoms with Crippen LogP contribution in [-0.4, -0.2) is 10.7 Å². The molecule has 0 spiro atoms. The predicted octanol–water partition coefficient (Wildman–Crippen LogP) is 4.21. The number of aryl methyl sites for hydroxylation is 2. The lowest BCUT2D eigenvalue weighted by molar-refractivity contribution is 1.08. The minimum absolute atomic E-state index is 0.856. The molecule has 1 aromatic heterocycles. The molecule has 0 aliphatic heterocycles. The van der Waals surface area contributed by atoms with E-state index in [-0.39, 0.29) is 0 Å². The molecule has 0 N–H and O–H groups in total. The van der Waals surface area contributed by atoms with Crippen LogP contribution in [0.5, 0.6) is 0 Å². The van der Waals surface area contributed by atoms with Gasteiger partial charge in [0.05, 0.1) is 5.69 Å². The van der Waals surface area contributed by atoms with Gasteiger partial charge in [-0.15, -0.1) is 11.3 Å². The molecule has 0 unspecified atom stereocenters. The Kier molecular flexibility index (Phi) is 3.89. The highest BCUT2D eigenvalue weighted by Gasteiger charge is 2.09.